The Morgan fingerprint density at radius 1 is 1.35 bits per heavy atom. The molecule has 0 aliphatic rings. The summed E-state index contributed by atoms with van der Waals surface area (Å²) in [7, 11) is 0. The molecule has 2 N–H and O–H groups in total. The van der Waals surface area contributed by atoms with E-state index in [1.807, 2.05) is 0 Å². The number of aryl methyl sites for hydroxylation is 1. The summed E-state index contributed by atoms with van der Waals surface area (Å²) in [5.74, 6) is -0.555. The zero-order chi connectivity index (χ0) is 16.7. The molecule has 0 unspecified atom stereocenters. The highest BCUT2D eigenvalue weighted by atomic mass is 35.5. The Labute approximate surface area is 145 Å². The van der Waals surface area contributed by atoms with Crippen molar-refractivity contribution in [2.75, 3.05) is 0 Å². The molecule has 118 valence electrons. The third kappa shape index (κ3) is 2.85. The highest BCUT2D eigenvalue weighted by Crippen LogP contribution is 2.26. The summed E-state index contributed by atoms with van der Waals surface area (Å²) >= 11 is 13.0. The lowest BCUT2D eigenvalue weighted by Crippen LogP contribution is -2.21. The van der Waals surface area contributed by atoms with Crippen LogP contribution in [-0.4, -0.2) is 15.5 Å². The van der Waals surface area contributed by atoms with Gasteiger partial charge in [0.05, 0.1) is 33.2 Å². The number of nitrogens with two attached hydrogens (primary N) is 1. The fraction of sp³-hybridized carbons (Fsp3) is 0.133. The van der Waals surface area contributed by atoms with Crippen molar-refractivity contribution in [3.8, 4) is 0 Å². The maximum Gasteiger partial charge on any atom is 0.262 e. The molecule has 0 radical (unpaired) electrons. The molecule has 0 aliphatic carbocycles. The standard InChI is InChI=1S/C15H11Cl2N3O2S/c1-7-11-14(23-12(7)13(18)21)19-6-20(15(11)22)5-8-2-3-9(16)10(17)4-8/h2-4,6H,5H2,1H3,(H2,18,21). The van der Waals surface area contributed by atoms with Gasteiger partial charge in [-0.2, -0.15) is 0 Å². The molecule has 0 fully saturated rings. The third-order valence-electron chi connectivity index (χ3n) is 3.48. The van der Waals surface area contributed by atoms with Crippen LogP contribution < -0.4 is 11.3 Å². The number of halogens is 2. The lowest BCUT2D eigenvalue weighted by atomic mass is 10.2. The number of primary amides is 1. The number of hydrogen-bond donors (Lipinski definition) is 1. The van der Waals surface area contributed by atoms with Crippen LogP contribution in [0.4, 0.5) is 0 Å². The molecule has 0 atom stereocenters. The van der Waals surface area contributed by atoms with Crippen LogP contribution in [0.1, 0.15) is 20.8 Å². The lowest BCUT2D eigenvalue weighted by Gasteiger charge is -2.07. The summed E-state index contributed by atoms with van der Waals surface area (Å²) in [5, 5.41) is 1.30. The Hall–Kier alpha value is -1.89. The molecule has 0 aliphatic heterocycles. The second kappa shape index (κ2) is 5.96. The van der Waals surface area contributed by atoms with Crippen molar-refractivity contribution in [1.82, 2.24) is 9.55 Å². The van der Waals surface area contributed by atoms with Crippen LogP contribution in [0, 0.1) is 6.92 Å². The van der Waals surface area contributed by atoms with E-state index in [0.29, 0.717) is 37.2 Å². The van der Waals surface area contributed by atoms with Crippen LogP contribution in [0.2, 0.25) is 10.0 Å². The number of thiophene rings is 1. The number of hydrogen-bond acceptors (Lipinski definition) is 4. The van der Waals surface area contributed by atoms with Gasteiger partial charge in [-0.3, -0.25) is 14.2 Å². The predicted molar refractivity (Wildman–Crippen MR) is 92.7 cm³/mol. The largest absolute Gasteiger partial charge is 0.365 e. The minimum absolute atomic E-state index is 0.220. The number of benzene rings is 1. The van der Waals surface area contributed by atoms with Crippen molar-refractivity contribution >= 4 is 50.7 Å². The highest BCUT2D eigenvalue weighted by Gasteiger charge is 2.17. The zero-order valence-electron chi connectivity index (χ0n) is 12.0. The van der Waals surface area contributed by atoms with Crippen LogP contribution >= 0.6 is 34.5 Å². The number of carbonyl (C=O) groups is 1. The SMILES string of the molecule is Cc1c(C(N)=O)sc2ncn(Cc3ccc(Cl)c(Cl)c3)c(=O)c12. The zero-order valence-corrected chi connectivity index (χ0v) is 14.3. The van der Waals surface area contributed by atoms with Gasteiger partial charge >= 0.3 is 0 Å². The molecule has 8 heteroatoms. The second-order valence-corrected chi connectivity index (χ2v) is 6.84. The first-order chi connectivity index (χ1) is 10.9. The molecular formula is C15H11Cl2N3O2S. The number of carbonyl (C=O) groups excluding carboxylic acids is 1. The highest BCUT2D eigenvalue weighted by molar-refractivity contribution is 7.20. The third-order valence-corrected chi connectivity index (χ3v) is 5.43. The van der Waals surface area contributed by atoms with E-state index >= 15 is 0 Å². The number of nitrogens with zero attached hydrogens (tertiary/aromatic N) is 2. The summed E-state index contributed by atoms with van der Waals surface area (Å²) in [6.45, 7) is 2.01. The van der Waals surface area contributed by atoms with Crippen molar-refractivity contribution in [3.63, 3.8) is 0 Å². The minimum Gasteiger partial charge on any atom is -0.365 e. The molecule has 5 nitrogen and oxygen atoms in total. The predicted octanol–water partition coefficient (Wildman–Crippen LogP) is 3.22. The normalized spacial score (nSPS) is 11.1. The van der Waals surface area contributed by atoms with Gasteiger partial charge in [-0.05, 0) is 30.2 Å². The van der Waals surface area contributed by atoms with Crippen molar-refractivity contribution in [1.29, 1.82) is 0 Å². The average Bonchev–Trinajstić information content (AvgIpc) is 2.84. The Morgan fingerprint density at radius 2 is 2.09 bits per heavy atom. The van der Waals surface area contributed by atoms with Crippen LogP contribution in [0.15, 0.2) is 29.3 Å². The molecule has 1 amide bonds. The molecule has 3 rings (SSSR count). The van der Waals surface area contributed by atoms with Crippen LogP contribution in [0.3, 0.4) is 0 Å². The van der Waals surface area contributed by atoms with E-state index in [0.717, 1.165) is 16.9 Å². The van der Waals surface area contributed by atoms with E-state index in [2.05, 4.69) is 4.98 Å². The Kier molecular flexibility index (Phi) is 4.14. The van der Waals surface area contributed by atoms with Crippen LogP contribution in [0.5, 0.6) is 0 Å². The summed E-state index contributed by atoms with van der Waals surface area (Å²) in [5.41, 5.74) is 6.50. The molecule has 23 heavy (non-hydrogen) atoms. The molecule has 2 aromatic heterocycles. The first-order valence-corrected chi connectivity index (χ1v) is 8.18. The second-order valence-electron chi connectivity index (χ2n) is 5.03. The van der Waals surface area contributed by atoms with Gasteiger partial charge in [-0.25, -0.2) is 4.98 Å². The molecule has 2 heterocycles. The van der Waals surface area contributed by atoms with Crippen molar-refractivity contribution in [2.45, 2.75) is 13.5 Å². The summed E-state index contributed by atoms with van der Waals surface area (Å²) in [6.07, 6.45) is 1.45. The van der Waals surface area contributed by atoms with Gasteiger partial charge in [0.1, 0.15) is 4.83 Å². The van der Waals surface area contributed by atoms with Crippen molar-refractivity contribution in [3.05, 3.63) is 60.9 Å². The number of rotatable bonds is 3. The minimum atomic E-state index is -0.555. The fourth-order valence-corrected chi connectivity index (χ4v) is 3.65. The van der Waals surface area contributed by atoms with E-state index in [1.165, 1.54) is 10.9 Å². The molecule has 1 aromatic carbocycles. The number of amides is 1. The van der Waals surface area contributed by atoms with Gasteiger partial charge in [0.2, 0.25) is 0 Å². The summed E-state index contributed by atoms with van der Waals surface area (Å²) in [6, 6.07) is 5.17. The van der Waals surface area contributed by atoms with Gasteiger partial charge in [-0.1, -0.05) is 29.3 Å². The average molecular weight is 368 g/mol. The van der Waals surface area contributed by atoms with E-state index in [9.17, 15) is 9.59 Å². The van der Waals surface area contributed by atoms with Crippen LogP contribution in [-0.2, 0) is 6.54 Å². The molecule has 0 saturated heterocycles. The van der Waals surface area contributed by atoms with E-state index in [-0.39, 0.29) is 5.56 Å². The number of fused-ring (bicyclic) bond motifs is 1. The van der Waals surface area contributed by atoms with E-state index in [4.69, 9.17) is 28.9 Å². The van der Waals surface area contributed by atoms with Gasteiger partial charge in [0.15, 0.2) is 0 Å². The van der Waals surface area contributed by atoms with E-state index < -0.39 is 5.91 Å². The summed E-state index contributed by atoms with van der Waals surface area (Å²) < 4.78 is 1.46. The van der Waals surface area contributed by atoms with Gasteiger partial charge in [-0.15, -0.1) is 11.3 Å². The van der Waals surface area contributed by atoms with Crippen molar-refractivity contribution in [2.24, 2.45) is 5.73 Å². The maximum atomic E-state index is 12.7. The monoisotopic (exact) mass is 367 g/mol. The van der Waals surface area contributed by atoms with Crippen LogP contribution in [0.25, 0.3) is 10.2 Å². The number of aromatic nitrogens is 2. The smallest absolute Gasteiger partial charge is 0.262 e. The van der Waals surface area contributed by atoms with Gasteiger partial charge in [0.25, 0.3) is 11.5 Å². The molecule has 0 bridgehead atoms. The topological polar surface area (TPSA) is 78.0 Å². The lowest BCUT2D eigenvalue weighted by molar-refractivity contribution is 0.100. The maximum absolute atomic E-state index is 12.7. The van der Waals surface area contributed by atoms with Gasteiger partial charge in [0, 0.05) is 0 Å². The summed E-state index contributed by atoms with van der Waals surface area (Å²) in [4.78, 5) is 29.2. The van der Waals surface area contributed by atoms with Crippen molar-refractivity contribution < 1.29 is 4.79 Å². The Bertz CT molecular complexity index is 994. The van der Waals surface area contributed by atoms with E-state index in [1.54, 1.807) is 25.1 Å². The van der Waals surface area contributed by atoms with Gasteiger partial charge < -0.3 is 5.73 Å². The molecule has 3 aromatic rings. The fourth-order valence-electron chi connectivity index (χ4n) is 2.34. The quantitative estimate of drug-likeness (QED) is 0.771. The molecular weight excluding hydrogens is 357 g/mol. The Balaban J connectivity index is 2.10. The molecule has 0 saturated carbocycles. The molecule has 0 spiro atoms. The first-order valence-electron chi connectivity index (χ1n) is 6.60. The Morgan fingerprint density at radius 3 is 2.74 bits per heavy atom. The first kappa shape index (κ1) is 16.0.